The summed E-state index contributed by atoms with van der Waals surface area (Å²) in [5.41, 5.74) is 3.56. The van der Waals surface area contributed by atoms with Crippen molar-refractivity contribution in [2.75, 3.05) is 39.3 Å². The third kappa shape index (κ3) is 12.3. The topological polar surface area (TPSA) is 198 Å². The molecule has 2 aromatic rings. The van der Waals surface area contributed by atoms with E-state index < -0.39 is 83.9 Å². The van der Waals surface area contributed by atoms with Crippen molar-refractivity contribution >= 4 is 40.0 Å². The normalized spacial score (nSPS) is 35.2. The highest BCUT2D eigenvalue weighted by molar-refractivity contribution is 6.39. The lowest BCUT2D eigenvalue weighted by molar-refractivity contribution is -0.302. The Kier molecular flexibility index (Phi) is 18.7. The molecule has 3 aliphatic heterocycles. The number of esters is 1. The standard InChI is InChI=1S/C54H79N3O12/c1-10-13-39-25-32(2)24-33(3)26-47(66-8)50-48(67-9)28-35(5)54(65,69-50)51(62)52(63)57-20-12-11-14-43(57)53(64)68-49(36(6)44(59)31-45(39)60)34(4)27-37-15-17-42(46(61)29-37)55(7)40-16-18-41-38(30-40)19-21-56(41)22-23-58/h10,16,18-19,21,25,27,30,33,35-37,39,42-44,46-50,58-59,61,65H,1,11-15,17,20,22-24,26,28-29,31H2,2-9H3. The Morgan fingerprint density at radius 3 is 2.38 bits per heavy atom. The fourth-order valence-electron chi connectivity index (χ4n) is 11.5. The molecule has 382 valence electrons. The van der Waals surface area contributed by atoms with Crippen molar-refractivity contribution in [3.05, 3.63) is 66.4 Å². The van der Waals surface area contributed by atoms with Crippen molar-refractivity contribution < 1.29 is 58.6 Å². The first-order valence-corrected chi connectivity index (χ1v) is 25.1. The second-order valence-electron chi connectivity index (χ2n) is 20.7. The summed E-state index contributed by atoms with van der Waals surface area (Å²) in [7, 11) is 5.04. The Morgan fingerprint density at radius 2 is 1.70 bits per heavy atom. The second-order valence-corrected chi connectivity index (χ2v) is 20.7. The molecular weight excluding hydrogens is 883 g/mol. The van der Waals surface area contributed by atoms with Crippen molar-refractivity contribution in [1.82, 2.24) is 9.47 Å². The van der Waals surface area contributed by atoms with Crippen LogP contribution in [-0.4, -0.2) is 142 Å². The van der Waals surface area contributed by atoms with Gasteiger partial charge in [0.05, 0.1) is 37.1 Å². The number of fused-ring (bicyclic) bond motifs is 4. The average Bonchev–Trinajstić information content (AvgIpc) is 3.73. The number of amides is 1. The molecule has 14 atom stereocenters. The number of hydrogen-bond acceptors (Lipinski definition) is 13. The Balaban J connectivity index is 1.30. The second kappa shape index (κ2) is 23.8. The van der Waals surface area contributed by atoms with Crippen molar-refractivity contribution in [3.8, 4) is 0 Å². The first-order valence-electron chi connectivity index (χ1n) is 25.1. The third-order valence-corrected chi connectivity index (χ3v) is 15.6. The minimum Gasteiger partial charge on any atom is -0.456 e. The number of ketones is 2. The highest BCUT2D eigenvalue weighted by Crippen LogP contribution is 2.40. The summed E-state index contributed by atoms with van der Waals surface area (Å²) < 4.78 is 26.5. The van der Waals surface area contributed by atoms with Crippen LogP contribution in [0.2, 0.25) is 0 Å². The molecule has 3 fully saturated rings. The zero-order valence-electron chi connectivity index (χ0n) is 42.1. The number of anilines is 1. The molecule has 0 radical (unpaired) electrons. The molecule has 4 aliphatic rings. The molecule has 1 aromatic carbocycles. The van der Waals surface area contributed by atoms with Gasteiger partial charge in [-0.3, -0.25) is 14.4 Å². The fourth-order valence-corrected chi connectivity index (χ4v) is 11.5. The number of nitrogens with zero attached hydrogens (tertiary/aromatic N) is 3. The number of carbonyl (C=O) groups excluding carboxylic acids is 4. The third-order valence-electron chi connectivity index (χ3n) is 15.6. The zero-order chi connectivity index (χ0) is 50.3. The van der Waals surface area contributed by atoms with E-state index in [1.807, 2.05) is 68.9 Å². The molecule has 1 saturated carbocycles. The number of likely N-dealkylation sites (N-methyl/N-ethyl adjacent to an activating group) is 1. The number of hydrogen-bond donors (Lipinski definition) is 4. The number of methoxy groups -OCH3 is 2. The Hall–Kier alpha value is -4.22. The number of rotatable bonds is 10. The summed E-state index contributed by atoms with van der Waals surface area (Å²) in [4.78, 5) is 60.8. The van der Waals surface area contributed by atoms with Gasteiger partial charge in [-0.05, 0) is 120 Å². The quantitative estimate of drug-likeness (QED) is 0.122. The molecule has 4 N–H and O–H groups in total. The minimum absolute atomic E-state index is 0.00611. The van der Waals surface area contributed by atoms with Gasteiger partial charge in [-0.2, -0.15) is 0 Å². The average molecular weight is 962 g/mol. The predicted molar refractivity (Wildman–Crippen MR) is 263 cm³/mol. The molecule has 4 heterocycles. The van der Waals surface area contributed by atoms with E-state index in [1.165, 1.54) is 19.1 Å². The number of aromatic nitrogens is 1. The lowest BCUT2D eigenvalue weighted by Gasteiger charge is -2.47. The molecule has 0 spiro atoms. The lowest BCUT2D eigenvalue weighted by atomic mass is 9.80. The highest BCUT2D eigenvalue weighted by Gasteiger charge is 2.56. The Bertz CT molecular complexity index is 2190. The number of piperidine rings is 1. The molecular formula is C54H79N3O12. The van der Waals surface area contributed by atoms with Crippen molar-refractivity contribution in [2.24, 2.45) is 29.6 Å². The summed E-state index contributed by atoms with van der Waals surface area (Å²) in [6.45, 7) is 13.7. The largest absolute Gasteiger partial charge is 0.456 e. The summed E-state index contributed by atoms with van der Waals surface area (Å²) >= 11 is 0. The number of allylic oxidation sites excluding steroid dienone is 4. The van der Waals surface area contributed by atoms with E-state index in [9.17, 15) is 39.6 Å². The van der Waals surface area contributed by atoms with E-state index in [-0.39, 0.29) is 56.1 Å². The van der Waals surface area contributed by atoms with Crippen molar-refractivity contribution in [3.63, 3.8) is 0 Å². The number of cyclic esters (lactones) is 1. The lowest BCUT2D eigenvalue weighted by Crippen LogP contribution is -2.64. The molecule has 2 saturated heterocycles. The van der Waals surface area contributed by atoms with Gasteiger partial charge in [0.2, 0.25) is 5.79 Å². The number of aliphatic hydroxyl groups excluding tert-OH is 3. The van der Waals surface area contributed by atoms with Crippen LogP contribution in [0.3, 0.4) is 0 Å². The smallest absolute Gasteiger partial charge is 0.329 e. The number of Topliss-reactive ketones (excluding diaryl/α,β-unsaturated/α-hetero) is 2. The van der Waals surface area contributed by atoms with Crippen molar-refractivity contribution in [2.45, 2.75) is 166 Å². The van der Waals surface area contributed by atoms with E-state index in [1.54, 1.807) is 19.9 Å². The predicted octanol–water partition coefficient (Wildman–Crippen LogP) is 6.08. The maximum atomic E-state index is 14.6. The van der Waals surface area contributed by atoms with Gasteiger partial charge >= 0.3 is 5.97 Å². The van der Waals surface area contributed by atoms with Crippen LogP contribution >= 0.6 is 0 Å². The first kappa shape index (κ1) is 54.1. The van der Waals surface area contributed by atoms with Crippen molar-refractivity contribution in [1.29, 1.82) is 0 Å². The van der Waals surface area contributed by atoms with E-state index >= 15 is 0 Å². The van der Waals surface area contributed by atoms with Crippen LogP contribution in [0.1, 0.15) is 105 Å². The van der Waals surface area contributed by atoms with Gasteiger partial charge in [-0.1, -0.05) is 44.6 Å². The van der Waals surface area contributed by atoms with Gasteiger partial charge in [-0.15, -0.1) is 6.58 Å². The highest BCUT2D eigenvalue weighted by atomic mass is 16.7. The summed E-state index contributed by atoms with van der Waals surface area (Å²) in [6.07, 6.45) is 6.98. The fraction of sp³-hybridized carbons (Fsp3) is 0.667. The molecule has 14 unspecified atom stereocenters. The Morgan fingerprint density at radius 1 is 0.971 bits per heavy atom. The van der Waals surface area contributed by atoms with E-state index in [0.29, 0.717) is 57.1 Å². The minimum atomic E-state index is -2.53. The first-order chi connectivity index (χ1) is 32.8. The van der Waals surface area contributed by atoms with Crippen LogP contribution in [0, 0.1) is 29.6 Å². The molecule has 1 aromatic heterocycles. The van der Waals surface area contributed by atoms with Gasteiger partial charge < -0.3 is 53.7 Å². The summed E-state index contributed by atoms with van der Waals surface area (Å²) in [5, 5.41) is 46.3. The van der Waals surface area contributed by atoms with Crippen LogP contribution in [0.15, 0.2) is 66.4 Å². The molecule has 69 heavy (non-hydrogen) atoms. The van der Waals surface area contributed by atoms with E-state index in [4.69, 9.17) is 18.9 Å². The van der Waals surface area contributed by atoms with Gasteiger partial charge in [0.25, 0.3) is 11.7 Å². The van der Waals surface area contributed by atoms with Crippen LogP contribution < -0.4 is 4.90 Å². The number of benzene rings is 1. The zero-order valence-corrected chi connectivity index (χ0v) is 42.1. The Labute approximate surface area is 408 Å². The molecule has 2 bridgehead atoms. The summed E-state index contributed by atoms with van der Waals surface area (Å²) in [5.74, 6) is -8.02. The molecule has 1 amide bonds. The number of ether oxygens (including phenoxy) is 4. The van der Waals surface area contributed by atoms with Gasteiger partial charge in [0, 0.05) is 81.3 Å². The summed E-state index contributed by atoms with van der Waals surface area (Å²) in [6, 6.07) is 6.82. The maximum Gasteiger partial charge on any atom is 0.329 e. The monoisotopic (exact) mass is 962 g/mol. The van der Waals surface area contributed by atoms with E-state index in [2.05, 4.69) is 17.5 Å². The SMILES string of the molecule is C=CCC1C=C(C)CC(C)CC(OC)C2OC(O)(C(=O)C(=O)N3CCCCC3C(=O)OC(C(C)=CC3CCC(N(C)c4ccc5c(ccn5CCO)c4)C(O)C3)C(C)C(O)CC1=O)C(C)CC2OC. The number of carbonyl (C=O) groups is 4. The van der Waals surface area contributed by atoms with E-state index in [0.717, 1.165) is 28.6 Å². The number of aliphatic hydroxyl groups is 4. The van der Waals surface area contributed by atoms with Crippen LogP contribution in [0.25, 0.3) is 10.9 Å². The van der Waals surface area contributed by atoms with Gasteiger partial charge in [-0.25, -0.2) is 4.79 Å². The van der Waals surface area contributed by atoms with Gasteiger partial charge in [0.15, 0.2) is 0 Å². The van der Waals surface area contributed by atoms with Crippen LogP contribution in [0.5, 0.6) is 0 Å². The molecule has 1 aliphatic carbocycles. The van der Waals surface area contributed by atoms with Crippen LogP contribution in [-0.2, 0) is 44.7 Å². The van der Waals surface area contributed by atoms with Gasteiger partial charge in [0.1, 0.15) is 24.0 Å². The van der Waals surface area contributed by atoms with Crippen LogP contribution in [0.4, 0.5) is 5.69 Å². The molecule has 15 heteroatoms. The molecule has 15 nitrogen and oxygen atoms in total. The molecule has 6 rings (SSSR count). The maximum absolute atomic E-state index is 14.6.